The third-order valence-corrected chi connectivity index (χ3v) is 17.9. The van der Waals surface area contributed by atoms with E-state index in [1.807, 2.05) is 30.3 Å². The van der Waals surface area contributed by atoms with Crippen molar-refractivity contribution in [2.45, 2.75) is 122 Å². The lowest BCUT2D eigenvalue weighted by Gasteiger charge is -2.47. The van der Waals surface area contributed by atoms with Crippen molar-refractivity contribution < 1.29 is 43.2 Å². The highest BCUT2D eigenvalue weighted by Crippen LogP contribution is 2.48. The summed E-state index contributed by atoms with van der Waals surface area (Å²) < 4.78 is 20.2. The second-order valence-electron chi connectivity index (χ2n) is 23.6. The first kappa shape index (κ1) is 54.9. The molecule has 7 heterocycles. The maximum Gasteiger partial charge on any atom is 0.470 e. The molecule has 4 aliphatic heterocycles. The molecule has 5 N–H and O–H groups in total. The van der Waals surface area contributed by atoms with E-state index < -0.39 is 31.0 Å². The number of phosphoric ester groups is 1. The molecule has 0 bridgehead atoms. The maximum atomic E-state index is 14.2. The number of anilines is 6. The number of hydrogen-bond donors (Lipinski definition) is 5. The number of aryl methyl sites for hydroxylation is 1. The highest BCUT2D eigenvalue weighted by molar-refractivity contribution is 7.46. The first-order valence-corrected chi connectivity index (χ1v) is 29.2. The number of aliphatic hydroxyl groups is 1. The maximum absolute atomic E-state index is 14.2. The van der Waals surface area contributed by atoms with Crippen molar-refractivity contribution in [1.82, 2.24) is 28.9 Å². The Kier molecular flexibility index (Phi) is 14.3. The number of aliphatic hydroxyl groups excluding tert-OH is 1. The van der Waals surface area contributed by atoms with Gasteiger partial charge < -0.3 is 44.5 Å². The molecule has 0 spiro atoms. The van der Waals surface area contributed by atoms with Crippen LogP contribution in [-0.4, -0.2) is 130 Å². The number of nitrogens with zero attached hydrogens (tertiary/aromatic N) is 9. The van der Waals surface area contributed by atoms with Gasteiger partial charge in [0.25, 0.3) is 23.3 Å². The Hall–Kier alpha value is -7.00. The van der Waals surface area contributed by atoms with Crippen LogP contribution in [0.5, 0.6) is 0 Å². The standard InChI is InChI=1S/C58H70N11O10P/c1-8-49(71)61-44-28-37(60-51-56(75)63(7)33-45(62-51)42-15-20-59-52(50(42)35(3)70)68-26-25-67-47(55(68)74)27-36-30-57(4,5)31-48(36)67)9-12-46(44)66-24-23-65(32-34(66)2)38-16-21-64(22-17-38)40-10-11-41-43(29-40)54(73)69(53(41)72)39-13-18-58(6,19-14-39)79-80(76,77)78/h8-12,15,20,27-29,33-35,38-39,70H,1,13-14,16-19,21-26,30-32H2,2-7H3,(H,60,62)(H,61,71)(H2,76,77,78)/t34-,35-,39?,58?/m0/s1. The highest BCUT2D eigenvalue weighted by Gasteiger charge is 2.46. The average molecular weight is 1110 g/mol. The van der Waals surface area contributed by atoms with Crippen LogP contribution in [0.15, 0.2) is 78.4 Å². The van der Waals surface area contributed by atoms with Gasteiger partial charge in [-0.1, -0.05) is 20.4 Å². The van der Waals surface area contributed by atoms with Gasteiger partial charge in [0.2, 0.25) is 5.91 Å². The molecule has 6 aliphatic rings. The summed E-state index contributed by atoms with van der Waals surface area (Å²) >= 11 is 0. The van der Waals surface area contributed by atoms with Gasteiger partial charge in [0, 0.05) is 112 Å². The zero-order valence-electron chi connectivity index (χ0n) is 46.1. The van der Waals surface area contributed by atoms with Gasteiger partial charge in [-0.2, -0.15) is 0 Å². The van der Waals surface area contributed by atoms with Gasteiger partial charge >= 0.3 is 7.82 Å². The zero-order valence-corrected chi connectivity index (χ0v) is 47.0. The number of piperazine rings is 1. The van der Waals surface area contributed by atoms with Crippen molar-refractivity contribution in [3.05, 3.63) is 118 Å². The molecular formula is C58H70N11O10P. The molecule has 2 atom stereocenters. The largest absolute Gasteiger partial charge is 0.470 e. The van der Waals surface area contributed by atoms with Gasteiger partial charge in [-0.05, 0) is 138 Å². The van der Waals surface area contributed by atoms with Crippen molar-refractivity contribution in [3.8, 4) is 11.3 Å². The number of carbonyl (C=O) groups excluding carboxylic acids is 4. The van der Waals surface area contributed by atoms with Crippen LogP contribution >= 0.6 is 7.82 Å². The van der Waals surface area contributed by atoms with E-state index in [9.17, 15) is 43.4 Å². The third kappa shape index (κ3) is 10.4. The topological polar surface area (TPSA) is 248 Å². The Morgan fingerprint density at radius 2 is 1.61 bits per heavy atom. The average Bonchev–Trinajstić information content (AvgIpc) is 4.12. The summed E-state index contributed by atoms with van der Waals surface area (Å²) in [6.07, 6.45) is 8.33. The van der Waals surface area contributed by atoms with Gasteiger partial charge in [0.15, 0.2) is 5.82 Å². The predicted octanol–water partition coefficient (Wildman–Crippen LogP) is 6.94. The minimum Gasteiger partial charge on any atom is -0.389 e. The van der Waals surface area contributed by atoms with Crippen LogP contribution < -0.4 is 30.9 Å². The Labute approximate surface area is 464 Å². The monoisotopic (exact) mass is 1110 g/mol. The molecule has 3 fully saturated rings. The molecular weight excluding hydrogens is 1040 g/mol. The molecule has 80 heavy (non-hydrogen) atoms. The van der Waals surface area contributed by atoms with E-state index in [0.717, 1.165) is 63.2 Å². The van der Waals surface area contributed by atoms with E-state index in [2.05, 4.69) is 62.2 Å². The second-order valence-corrected chi connectivity index (χ2v) is 24.7. The number of imide groups is 1. The number of rotatable bonds is 13. The lowest BCUT2D eigenvalue weighted by atomic mass is 9.83. The van der Waals surface area contributed by atoms with Crippen molar-refractivity contribution in [1.29, 1.82) is 0 Å². The van der Waals surface area contributed by atoms with Gasteiger partial charge in [0.05, 0.1) is 39.9 Å². The summed E-state index contributed by atoms with van der Waals surface area (Å²) in [6, 6.07) is 14.7. The molecule has 2 aliphatic carbocycles. The number of amides is 4. The summed E-state index contributed by atoms with van der Waals surface area (Å²) in [5.41, 5.74) is 6.49. The van der Waals surface area contributed by atoms with Crippen LogP contribution in [-0.2, 0) is 40.3 Å². The number of benzene rings is 2. The van der Waals surface area contributed by atoms with E-state index in [1.54, 1.807) is 56.4 Å². The molecule has 0 radical (unpaired) electrons. The third-order valence-electron chi connectivity index (χ3n) is 17.3. The minimum atomic E-state index is -4.70. The van der Waals surface area contributed by atoms with Gasteiger partial charge in [-0.3, -0.25) is 43.2 Å². The predicted molar refractivity (Wildman–Crippen MR) is 304 cm³/mol. The second kappa shape index (κ2) is 20.8. The van der Waals surface area contributed by atoms with Crippen molar-refractivity contribution in [2.75, 3.05) is 64.6 Å². The van der Waals surface area contributed by atoms with E-state index in [-0.39, 0.29) is 41.0 Å². The van der Waals surface area contributed by atoms with Crippen LogP contribution in [0.2, 0.25) is 0 Å². The van der Waals surface area contributed by atoms with Crippen LogP contribution in [0.25, 0.3) is 11.3 Å². The zero-order chi connectivity index (χ0) is 56.7. The molecule has 2 saturated heterocycles. The Balaban J connectivity index is 0.753. The van der Waals surface area contributed by atoms with Gasteiger partial charge in [0.1, 0.15) is 11.5 Å². The number of pyridine rings is 1. The van der Waals surface area contributed by atoms with E-state index in [1.165, 1.54) is 26.8 Å². The Morgan fingerprint density at radius 3 is 2.31 bits per heavy atom. The molecule has 4 amide bonds. The number of carbonyl (C=O) groups is 4. The Morgan fingerprint density at radius 1 is 0.875 bits per heavy atom. The molecule has 0 unspecified atom stereocenters. The molecule has 22 heteroatoms. The lowest BCUT2D eigenvalue weighted by molar-refractivity contribution is -0.111. The highest BCUT2D eigenvalue weighted by atomic mass is 31.2. The number of hydrogen-bond acceptors (Lipinski definition) is 14. The number of fused-ring (bicyclic) bond motifs is 4. The molecule has 11 rings (SSSR count). The van der Waals surface area contributed by atoms with Crippen LogP contribution in [0, 0.1) is 5.41 Å². The van der Waals surface area contributed by atoms with Crippen LogP contribution in [0.1, 0.15) is 127 Å². The molecule has 1 saturated carbocycles. The quantitative estimate of drug-likeness (QED) is 0.0455. The molecule has 5 aromatic rings. The first-order chi connectivity index (χ1) is 38.0. The molecule has 422 valence electrons. The van der Waals surface area contributed by atoms with Gasteiger partial charge in [-0.25, -0.2) is 14.5 Å². The normalized spacial score (nSPS) is 22.8. The fourth-order valence-corrected chi connectivity index (χ4v) is 14.1. The summed E-state index contributed by atoms with van der Waals surface area (Å²) in [7, 11) is -3.07. The Bertz CT molecular complexity index is 3460. The number of phosphoric acid groups is 1. The summed E-state index contributed by atoms with van der Waals surface area (Å²) in [5, 5.41) is 17.6. The van der Waals surface area contributed by atoms with Crippen molar-refractivity contribution in [3.63, 3.8) is 0 Å². The van der Waals surface area contributed by atoms with E-state index in [4.69, 9.17) is 9.51 Å². The number of piperidine rings is 1. The van der Waals surface area contributed by atoms with Crippen molar-refractivity contribution >= 4 is 65.8 Å². The summed E-state index contributed by atoms with van der Waals surface area (Å²) in [6.45, 7) is 18.3. The van der Waals surface area contributed by atoms with Crippen LogP contribution in [0.4, 0.5) is 34.4 Å². The van der Waals surface area contributed by atoms with E-state index in [0.29, 0.717) is 102 Å². The number of aromatic nitrogens is 4. The fourth-order valence-electron chi connectivity index (χ4n) is 13.3. The smallest absolute Gasteiger partial charge is 0.389 e. The SMILES string of the molecule is C=CC(=O)Nc1cc(Nc2nc(-c3ccnc(N4CCn5c(cc6c5CC(C)(C)C6)C4=O)c3[C@H](C)O)cn(C)c2=O)ccc1N1CCN(C2CCN(c3ccc4c(c3)C(=O)N(C3CCC(C)(OP(=O)(O)O)CC3)C4=O)CC2)C[C@@H]1C. The molecule has 2 aromatic carbocycles. The summed E-state index contributed by atoms with van der Waals surface area (Å²) in [4.78, 5) is 107. The number of nitrogens with one attached hydrogen (secondary N) is 2. The summed E-state index contributed by atoms with van der Waals surface area (Å²) in [5.74, 6) is -0.919. The minimum absolute atomic E-state index is 0.0117. The fraction of sp³-hybridized carbons (Fsp3) is 0.466. The molecule has 21 nitrogen and oxygen atoms in total. The van der Waals surface area contributed by atoms with E-state index >= 15 is 0 Å². The van der Waals surface area contributed by atoms with Crippen LogP contribution in [0.3, 0.4) is 0 Å². The van der Waals surface area contributed by atoms with Gasteiger partial charge in [-0.15, -0.1) is 0 Å². The lowest BCUT2D eigenvalue weighted by Crippen LogP contribution is -2.57. The first-order valence-electron chi connectivity index (χ1n) is 27.7. The molecule has 3 aromatic heterocycles. The van der Waals surface area contributed by atoms with Crippen molar-refractivity contribution in [2.24, 2.45) is 12.5 Å².